The van der Waals surface area contributed by atoms with Crippen molar-refractivity contribution in [2.75, 3.05) is 23.4 Å². The highest BCUT2D eigenvalue weighted by Gasteiger charge is 2.28. The first-order valence-electron chi connectivity index (χ1n) is 7.32. The highest BCUT2D eigenvalue weighted by molar-refractivity contribution is 7.91. The summed E-state index contributed by atoms with van der Waals surface area (Å²) in [5.74, 6) is 1.71. The third kappa shape index (κ3) is 2.42. The van der Waals surface area contributed by atoms with Crippen LogP contribution in [0.15, 0.2) is 6.33 Å². The highest BCUT2D eigenvalue weighted by Crippen LogP contribution is 2.39. The van der Waals surface area contributed by atoms with E-state index in [1.165, 1.54) is 16.9 Å². The Morgan fingerprint density at radius 2 is 2.24 bits per heavy atom. The fraction of sp³-hybridized carbons (Fsp3) is 0.571. The van der Waals surface area contributed by atoms with Crippen LogP contribution in [0.3, 0.4) is 0 Å². The molecule has 2 aromatic rings. The summed E-state index contributed by atoms with van der Waals surface area (Å²) in [4.78, 5) is 11.3. The lowest BCUT2D eigenvalue weighted by atomic mass is 10.1. The second-order valence-electron chi connectivity index (χ2n) is 5.91. The van der Waals surface area contributed by atoms with Crippen LogP contribution in [0.1, 0.15) is 23.3 Å². The summed E-state index contributed by atoms with van der Waals surface area (Å²) in [6.07, 6.45) is 5.82. The minimum absolute atomic E-state index is 0.201. The topological polar surface area (TPSA) is 72.0 Å². The van der Waals surface area contributed by atoms with Gasteiger partial charge >= 0.3 is 0 Å². The lowest BCUT2D eigenvalue weighted by Gasteiger charge is -2.11. The number of hydrogen-bond donors (Lipinski definition) is 1. The molecule has 1 saturated heterocycles. The van der Waals surface area contributed by atoms with E-state index in [1.54, 1.807) is 17.7 Å². The Labute approximate surface area is 127 Å². The average molecular weight is 323 g/mol. The maximum Gasteiger partial charge on any atom is 0.150 e. The molecule has 1 aliphatic heterocycles. The van der Waals surface area contributed by atoms with E-state index in [0.29, 0.717) is 18.1 Å². The maximum atomic E-state index is 11.5. The number of thiophene rings is 1. The number of aryl methyl sites for hydroxylation is 2. The number of anilines is 1. The van der Waals surface area contributed by atoms with Gasteiger partial charge in [0.25, 0.3) is 0 Å². The van der Waals surface area contributed by atoms with Gasteiger partial charge in [0.15, 0.2) is 9.84 Å². The Kier molecular flexibility index (Phi) is 3.15. The zero-order valence-electron chi connectivity index (χ0n) is 11.6. The van der Waals surface area contributed by atoms with Crippen molar-refractivity contribution in [1.29, 1.82) is 0 Å². The van der Waals surface area contributed by atoms with Crippen LogP contribution in [0.5, 0.6) is 0 Å². The molecule has 4 rings (SSSR count). The number of hydrogen-bond acceptors (Lipinski definition) is 6. The van der Waals surface area contributed by atoms with E-state index in [2.05, 4.69) is 15.3 Å². The Bertz CT molecular complexity index is 798. The molecule has 112 valence electrons. The minimum Gasteiger partial charge on any atom is -0.369 e. The van der Waals surface area contributed by atoms with Crippen molar-refractivity contribution >= 4 is 37.2 Å². The Morgan fingerprint density at radius 3 is 3.05 bits per heavy atom. The molecule has 0 saturated carbocycles. The Balaban J connectivity index is 1.59. The zero-order chi connectivity index (χ0) is 14.4. The number of sulfone groups is 1. The molecule has 0 radical (unpaired) electrons. The molecule has 0 aromatic carbocycles. The third-order valence-electron chi connectivity index (χ3n) is 4.39. The molecule has 0 amide bonds. The SMILES string of the molecule is O=S1(=O)CCC(CNc2ncnc3sc4c(c23)CCC4)C1. The van der Waals surface area contributed by atoms with Gasteiger partial charge < -0.3 is 5.32 Å². The Morgan fingerprint density at radius 1 is 1.33 bits per heavy atom. The summed E-state index contributed by atoms with van der Waals surface area (Å²) in [7, 11) is -2.81. The van der Waals surface area contributed by atoms with Crippen molar-refractivity contribution < 1.29 is 8.42 Å². The zero-order valence-corrected chi connectivity index (χ0v) is 13.3. The average Bonchev–Trinajstić information content (AvgIpc) is 3.09. The van der Waals surface area contributed by atoms with Gasteiger partial charge in [-0.05, 0) is 37.2 Å². The second-order valence-corrected chi connectivity index (χ2v) is 9.22. The van der Waals surface area contributed by atoms with Crippen LogP contribution >= 0.6 is 11.3 Å². The van der Waals surface area contributed by atoms with Gasteiger partial charge in [0.2, 0.25) is 0 Å². The lowest BCUT2D eigenvalue weighted by molar-refractivity contribution is 0.596. The van der Waals surface area contributed by atoms with Crippen molar-refractivity contribution in [2.45, 2.75) is 25.7 Å². The molecule has 1 N–H and O–H groups in total. The monoisotopic (exact) mass is 323 g/mol. The van der Waals surface area contributed by atoms with Crippen molar-refractivity contribution in [1.82, 2.24) is 9.97 Å². The van der Waals surface area contributed by atoms with Crippen molar-refractivity contribution in [3.05, 3.63) is 16.8 Å². The summed E-state index contributed by atoms with van der Waals surface area (Å²) in [5, 5.41) is 4.54. The van der Waals surface area contributed by atoms with Gasteiger partial charge in [0, 0.05) is 11.4 Å². The lowest BCUT2D eigenvalue weighted by Crippen LogP contribution is -2.16. The van der Waals surface area contributed by atoms with Gasteiger partial charge in [-0.3, -0.25) is 0 Å². The van der Waals surface area contributed by atoms with Crippen LogP contribution in [0, 0.1) is 5.92 Å². The predicted molar refractivity (Wildman–Crippen MR) is 84.7 cm³/mol. The predicted octanol–water partition coefficient (Wildman–Crippen LogP) is 2.03. The molecular formula is C14H17N3O2S2. The number of aromatic nitrogens is 2. The van der Waals surface area contributed by atoms with Crippen LogP contribution in [-0.4, -0.2) is 36.4 Å². The van der Waals surface area contributed by atoms with Crippen LogP contribution in [0.25, 0.3) is 10.2 Å². The van der Waals surface area contributed by atoms with Gasteiger partial charge in [0.1, 0.15) is 17.0 Å². The number of nitrogens with zero attached hydrogens (tertiary/aromatic N) is 2. The van der Waals surface area contributed by atoms with Crippen molar-refractivity contribution in [3.8, 4) is 0 Å². The van der Waals surface area contributed by atoms with Crippen LogP contribution in [0.4, 0.5) is 5.82 Å². The van der Waals surface area contributed by atoms with Crippen molar-refractivity contribution in [2.24, 2.45) is 5.92 Å². The summed E-state index contributed by atoms with van der Waals surface area (Å²) in [6.45, 7) is 0.677. The van der Waals surface area contributed by atoms with E-state index in [1.807, 2.05) is 0 Å². The van der Waals surface area contributed by atoms with E-state index in [4.69, 9.17) is 0 Å². The molecule has 21 heavy (non-hydrogen) atoms. The molecule has 0 spiro atoms. The first kappa shape index (κ1) is 13.5. The summed E-state index contributed by atoms with van der Waals surface area (Å²) < 4.78 is 23.0. The molecule has 3 heterocycles. The standard InChI is InChI=1S/C14H17N3O2S2/c18-21(19)5-4-9(7-21)6-15-13-12-10-2-1-3-11(10)20-14(12)17-8-16-13/h8-9H,1-7H2,(H,15,16,17). The number of fused-ring (bicyclic) bond motifs is 3. The molecule has 0 bridgehead atoms. The van der Waals surface area contributed by atoms with Crippen molar-refractivity contribution in [3.63, 3.8) is 0 Å². The molecule has 1 fully saturated rings. The van der Waals surface area contributed by atoms with Gasteiger partial charge in [-0.2, -0.15) is 0 Å². The normalized spacial score (nSPS) is 23.5. The smallest absolute Gasteiger partial charge is 0.150 e. The summed E-state index contributed by atoms with van der Waals surface area (Å²) in [6, 6.07) is 0. The molecule has 1 aliphatic carbocycles. The highest BCUT2D eigenvalue weighted by atomic mass is 32.2. The van der Waals surface area contributed by atoms with Crippen LogP contribution in [-0.2, 0) is 22.7 Å². The summed E-state index contributed by atoms with van der Waals surface area (Å²) >= 11 is 1.77. The van der Waals surface area contributed by atoms with Gasteiger partial charge in [-0.1, -0.05) is 0 Å². The molecule has 1 unspecified atom stereocenters. The largest absolute Gasteiger partial charge is 0.369 e. The summed E-state index contributed by atoms with van der Waals surface area (Å²) in [5.41, 5.74) is 1.40. The van der Waals surface area contributed by atoms with E-state index < -0.39 is 9.84 Å². The third-order valence-corrected chi connectivity index (χ3v) is 7.42. The maximum absolute atomic E-state index is 11.5. The minimum atomic E-state index is -2.81. The molecule has 7 heteroatoms. The molecule has 5 nitrogen and oxygen atoms in total. The van der Waals surface area contributed by atoms with E-state index in [0.717, 1.165) is 35.3 Å². The van der Waals surface area contributed by atoms with E-state index in [9.17, 15) is 8.42 Å². The fourth-order valence-corrected chi connectivity index (χ4v) is 6.43. The van der Waals surface area contributed by atoms with Gasteiger partial charge in [-0.15, -0.1) is 11.3 Å². The Hall–Kier alpha value is -1.21. The first-order valence-corrected chi connectivity index (χ1v) is 9.96. The molecule has 2 aliphatic rings. The number of rotatable bonds is 3. The molecule has 1 atom stereocenters. The van der Waals surface area contributed by atoms with Crippen LogP contribution in [0.2, 0.25) is 0 Å². The molecule has 2 aromatic heterocycles. The number of nitrogens with one attached hydrogen (secondary N) is 1. The molecular weight excluding hydrogens is 306 g/mol. The van der Waals surface area contributed by atoms with Gasteiger partial charge in [-0.25, -0.2) is 18.4 Å². The first-order chi connectivity index (χ1) is 10.1. The van der Waals surface area contributed by atoms with Crippen LogP contribution < -0.4 is 5.32 Å². The van der Waals surface area contributed by atoms with Gasteiger partial charge in [0.05, 0.1) is 16.9 Å². The second kappa shape index (κ2) is 4.91. The fourth-order valence-electron chi connectivity index (χ4n) is 3.34. The quantitative estimate of drug-likeness (QED) is 0.936. The van der Waals surface area contributed by atoms with E-state index >= 15 is 0 Å². The van der Waals surface area contributed by atoms with E-state index in [-0.39, 0.29) is 5.92 Å².